The van der Waals surface area contributed by atoms with Gasteiger partial charge in [0.25, 0.3) is 11.8 Å². The maximum atomic E-state index is 14.0. The average molecular weight is 944 g/mol. The molecule has 2 aromatic carbocycles. The van der Waals surface area contributed by atoms with Gasteiger partial charge < -0.3 is 10.2 Å². The molecule has 8 rings (SSSR count). The molecule has 322 valence electrons. The molecule has 2 aromatic heterocycles. The second-order valence-electron chi connectivity index (χ2n) is 17.3. The molecule has 61 heavy (non-hydrogen) atoms. The molecule has 0 bridgehead atoms. The van der Waals surface area contributed by atoms with E-state index in [2.05, 4.69) is 65.8 Å². The number of unbranched alkanes of at least 4 members (excludes halogenated alkanes) is 1. The minimum atomic E-state index is -2.69. The van der Waals surface area contributed by atoms with Crippen LogP contribution in [0, 0.1) is 5.92 Å². The number of aryl methyl sites for hydroxylation is 1. The lowest BCUT2D eigenvalue weighted by Gasteiger charge is -2.46. The Kier molecular flexibility index (Phi) is 13.9. The summed E-state index contributed by atoms with van der Waals surface area (Å²) < 4.78 is 27.4. The number of amides is 3. The molecule has 2 aliphatic carbocycles. The number of alkyl halides is 3. The summed E-state index contributed by atoms with van der Waals surface area (Å²) in [4.78, 5) is 58.4. The van der Waals surface area contributed by atoms with Crippen molar-refractivity contribution in [3.63, 3.8) is 0 Å². The Morgan fingerprint density at radius 2 is 1.59 bits per heavy atom. The van der Waals surface area contributed by atoms with E-state index < -0.39 is 15.4 Å². The van der Waals surface area contributed by atoms with Crippen LogP contribution in [0.4, 0.5) is 8.78 Å². The summed E-state index contributed by atoms with van der Waals surface area (Å²) in [7, 11) is 0. The molecule has 0 unspecified atom stereocenters. The number of piperazine rings is 1. The molecule has 4 aromatic rings. The van der Waals surface area contributed by atoms with Crippen molar-refractivity contribution in [1.29, 1.82) is 0 Å². The highest BCUT2D eigenvalue weighted by Crippen LogP contribution is 2.39. The van der Waals surface area contributed by atoms with Crippen molar-refractivity contribution < 1.29 is 23.2 Å². The van der Waals surface area contributed by atoms with Gasteiger partial charge in [-0.2, -0.15) is 0 Å². The molecule has 1 saturated carbocycles. The van der Waals surface area contributed by atoms with Crippen LogP contribution in [-0.4, -0.2) is 105 Å². The summed E-state index contributed by atoms with van der Waals surface area (Å²) in [5.74, 6) is -3.68. The number of nitrogens with zero attached hydrogens (tertiary/aromatic N) is 6. The zero-order valence-electron chi connectivity index (χ0n) is 34.7. The number of benzene rings is 2. The number of carbonyl (C=O) groups is 3. The van der Waals surface area contributed by atoms with Crippen LogP contribution in [0.2, 0.25) is 0 Å². The third-order valence-corrected chi connectivity index (χ3v) is 14.7. The van der Waals surface area contributed by atoms with Gasteiger partial charge in [-0.05, 0) is 128 Å². The van der Waals surface area contributed by atoms with E-state index >= 15 is 0 Å². The lowest BCUT2D eigenvalue weighted by molar-refractivity contribution is -0.130. The van der Waals surface area contributed by atoms with Crippen molar-refractivity contribution in [3.8, 4) is 0 Å². The Balaban J connectivity index is 0.994. The summed E-state index contributed by atoms with van der Waals surface area (Å²) in [6, 6.07) is 25.8. The van der Waals surface area contributed by atoms with Crippen molar-refractivity contribution in [2.45, 2.75) is 92.3 Å². The first-order valence-corrected chi connectivity index (χ1v) is 23.1. The summed E-state index contributed by atoms with van der Waals surface area (Å²) in [5, 5.41) is 3.34. The van der Waals surface area contributed by atoms with Crippen molar-refractivity contribution in [2.24, 2.45) is 5.92 Å². The third kappa shape index (κ3) is 10.4. The van der Waals surface area contributed by atoms with Crippen LogP contribution in [0.5, 0.6) is 0 Å². The SMILES string of the molecule is O=C(N[C@](I)(CCN1CCN(Cc2ccncc2)[C@@H](CN(CCCCN2C(=O)c3ccccc3C2=O)[C@H]2CCCc3cccnc32)C1)c1ccccc1)C1CCC(F)(F)CC1. The molecule has 1 N–H and O–H groups in total. The fourth-order valence-electron chi connectivity index (χ4n) is 9.77. The first-order chi connectivity index (χ1) is 29.6. The smallest absolute Gasteiger partial charge is 0.261 e. The fraction of sp³-hybridized carbons (Fsp3) is 0.479. The topological polar surface area (TPSA) is 102 Å². The number of hydrogen-bond donors (Lipinski definition) is 1. The van der Waals surface area contributed by atoms with E-state index in [0.717, 1.165) is 82.8 Å². The highest BCUT2D eigenvalue weighted by Gasteiger charge is 2.41. The summed E-state index contributed by atoms with van der Waals surface area (Å²) in [5.41, 5.74) is 5.63. The Morgan fingerprint density at radius 1 is 0.869 bits per heavy atom. The Hall–Kier alpha value is -4.18. The molecule has 3 atom stereocenters. The van der Waals surface area contributed by atoms with E-state index in [0.29, 0.717) is 30.5 Å². The van der Waals surface area contributed by atoms with Gasteiger partial charge in [0.2, 0.25) is 11.8 Å². The standard InChI is InChI=1S/C48H56F2IN7O3/c49-47(50)21-17-37(18-22-47)44(59)54-48(51,38-12-2-1-3-13-38)23-29-55-30-31-56(32-35-19-25-52-26-20-35)39(33-55)34-57(42-16-8-10-36-11-9-24-53-43(36)42)27-6-7-28-58-45(60)40-14-4-5-15-41(40)46(58)61/h1-5,9,11-15,19-20,24-26,37,39,42H,6-8,10,16-18,21-23,27-34H2,(H,54,59)/t39-,42+,48-/m1/s1. The van der Waals surface area contributed by atoms with Crippen LogP contribution in [0.1, 0.15) is 107 Å². The van der Waals surface area contributed by atoms with Crippen molar-refractivity contribution in [3.05, 3.63) is 131 Å². The predicted molar refractivity (Wildman–Crippen MR) is 239 cm³/mol. The molecule has 4 heterocycles. The van der Waals surface area contributed by atoms with Gasteiger partial charge in [0.05, 0.1) is 22.9 Å². The molecule has 2 fully saturated rings. The number of halogens is 3. The molecule has 2 aliphatic heterocycles. The first-order valence-electron chi connectivity index (χ1n) is 22.0. The molecule has 13 heteroatoms. The van der Waals surface area contributed by atoms with E-state index in [1.165, 1.54) is 16.0 Å². The Labute approximate surface area is 371 Å². The highest BCUT2D eigenvalue weighted by atomic mass is 127. The van der Waals surface area contributed by atoms with Crippen LogP contribution in [-0.2, 0) is 21.3 Å². The van der Waals surface area contributed by atoms with E-state index in [1.54, 1.807) is 24.3 Å². The maximum Gasteiger partial charge on any atom is 0.261 e. The van der Waals surface area contributed by atoms with Gasteiger partial charge >= 0.3 is 0 Å². The van der Waals surface area contributed by atoms with Gasteiger partial charge in [0.1, 0.15) is 3.55 Å². The number of fused-ring (bicyclic) bond motifs is 2. The monoisotopic (exact) mass is 943 g/mol. The van der Waals surface area contributed by atoms with Gasteiger partial charge in [0.15, 0.2) is 0 Å². The molecular weight excluding hydrogens is 887 g/mol. The van der Waals surface area contributed by atoms with Crippen LogP contribution in [0.15, 0.2) is 97.5 Å². The number of hydrogen-bond acceptors (Lipinski definition) is 8. The van der Waals surface area contributed by atoms with Crippen molar-refractivity contribution in [2.75, 3.05) is 45.8 Å². The largest absolute Gasteiger partial charge is 0.337 e. The molecule has 10 nitrogen and oxygen atoms in total. The molecular formula is C48H56F2IN7O3. The zero-order valence-corrected chi connectivity index (χ0v) is 36.9. The second-order valence-corrected chi connectivity index (χ2v) is 19.1. The average Bonchev–Trinajstić information content (AvgIpc) is 3.52. The van der Waals surface area contributed by atoms with Crippen LogP contribution >= 0.6 is 22.6 Å². The highest BCUT2D eigenvalue weighted by molar-refractivity contribution is 14.1. The molecule has 4 aliphatic rings. The first kappa shape index (κ1) is 43.5. The number of carbonyl (C=O) groups excluding carboxylic acids is 3. The summed E-state index contributed by atoms with van der Waals surface area (Å²) >= 11 is 2.38. The predicted octanol–water partition coefficient (Wildman–Crippen LogP) is 8.04. The van der Waals surface area contributed by atoms with Gasteiger partial charge in [-0.25, -0.2) is 8.78 Å². The maximum absolute atomic E-state index is 14.0. The molecule has 0 radical (unpaired) electrons. The van der Waals surface area contributed by atoms with E-state index in [1.807, 2.05) is 55.0 Å². The lowest BCUT2D eigenvalue weighted by Crippen LogP contribution is -2.57. The number of imide groups is 1. The van der Waals surface area contributed by atoms with Crippen LogP contribution < -0.4 is 5.32 Å². The van der Waals surface area contributed by atoms with E-state index in [4.69, 9.17) is 4.98 Å². The lowest BCUT2D eigenvalue weighted by atomic mass is 9.86. The summed E-state index contributed by atoms with van der Waals surface area (Å²) in [6.07, 6.45) is 10.8. The minimum absolute atomic E-state index is 0.145. The molecule has 0 spiro atoms. The van der Waals surface area contributed by atoms with E-state index in [-0.39, 0.29) is 55.5 Å². The normalized spacial score (nSPS) is 21.9. The van der Waals surface area contributed by atoms with Gasteiger partial charge in [0, 0.05) is 89.2 Å². The number of aromatic nitrogens is 2. The number of rotatable bonds is 16. The zero-order chi connectivity index (χ0) is 42.4. The summed E-state index contributed by atoms with van der Waals surface area (Å²) in [6.45, 7) is 6.09. The molecule has 1 saturated heterocycles. The number of pyridine rings is 2. The second kappa shape index (κ2) is 19.5. The Morgan fingerprint density at radius 3 is 2.33 bits per heavy atom. The van der Waals surface area contributed by atoms with Crippen molar-refractivity contribution >= 4 is 40.3 Å². The quantitative estimate of drug-likeness (QED) is 0.0397. The minimum Gasteiger partial charge on any atom is -0.337 e. The van der Waals surface area contributed by atoms with E-state index in [9.17, 15) is 23.2 Å². The fourth-order valence-corrected chi connectivity index (χ4v) is 10.6. The third-order valence-electron chi connectivity index (χ3n) is 13.2. The Bertz CT molecular complexity index is 2100. The van der Waals surface area contributed by atoms with Crippen LogP contribution in [0.3, 0.4) is 0 Å². The van der Waals surface area contributed by atoms with Gasteiger partial charge in [-0.1, -0.05) is 48.5 Å². The van der Waals surface area contributed by atoms with Crippen LogP contribution in [0.25, 0.3) is 0 Å². The van der Waals surface area contributed by atoms with Gasteiger partial charge in [-0.3, -0.25) is 39.1 Å². The number of nitrogens with one attached hydrogen (secondary N) is 1. The van der Waals surface area contributed by atoms with Crippen molar-refractivity contribution in [1.82, 2.24) is 34.9 Å². The van der Waals surface area contributed by atoms with Gasteiger partial charge in [-0.15, -0.1) is 0 Å². The molecule has 3 amide bonds.